The number of hydrogen-bond acceptors (Lipinski definition) is 5. The summed E-state index contributed by atoms with van der Waals surface area (Å²) in [5.41, 5.74) is 0.852. The lowest BCUT2D eigenvalue weighted by Crippen LogP contribution is -2.24. The summed E-state index contributed by atoms with van der Waals surface area (Å²) in [6, 6.07) is 5.08. The number of aromatic nitrogens is 2. The first-order valence-electron chi connectivity index (χ1n) is 8.33. The lowest BCUT2D eigenvalue weighted by atomic mass is 10.1. The molecule has 2 aromatic heterocycles. The van der Waals surface area contributed by atoms with Crippen molar-refractivity contribution in [2.75, 3.05) is 5.32 Å². The minimum absolute atomic E-state index is 0.00399. The summed E-state index contributed by atoms with van der Waals surface area (Å²) in [6.45, 7) is 7.07. The molecule has 27 heavy (non-hydrogen) atoms. The fourth-order valence-corrected chi connectivity index (χ4v) is 3.89. The van der Waals surface area contributed by atoms with Crippen LogP contribution in [0.3, 0.4) is 0 Å². The largest absolute Gasteiger partial charge is 0.344 e. The minimum Gasteiger partial charge on any atom is -0.344 e. The number of nitrogens with zero attached hydrogens (tertiary/aromatic N) is 2. The third-order valence-electron chi connectivity index (χ3n) is 4.13. The molecule has 0 saturated carbocycles. The second-order valence-electron chi connectivity index (χ2n) is 6.48. The van der Waals surface area contributed by atoms with Crippen LogP contribution in [0.4, 0.5) is 5.13 Å². The van der Waals surface area contributed by atoms with Gasteiger partial charge in [0, 0.05) is 29.6 Å². The van der Waals surface area contributed by atoms with Crippen molar-refractivity contribution < 1.29 is 9.59 Å². The number of amides is 1. The molecular weight excluding hydrogens is 386 g/mol. The van der Waals surface area contributed by atoms with Gasteiger partial charge in [0.2, 0.25) is 5.43 Å². The van der Waals surface area contributed by atoms with E-state index in [0.29, 0.717) is 26.5 Å². The Hall–Kier alpha value is -2.51. The van der Waals surface area contributed by atoms with E-state index in [1.165, 1.54) is 6.92 Å². The van der Waals surface area contributed by atoms with Gasteiger partial charge >= 0.3 is 0 Å². The van der Waals surface area contributed by atoms with Crippen LogP contribution >= 0.6 is 22.9 Å². The predicted molar refractivity (Wildman–Crippen MR) is 108 cm³/mol. The van der Waals surface area contributed by atoms with E-state index in [2.05, 4.69) is 10.3 Å². The van der Waals surface area contributed by atoms with Crippen molar-refractivity contribution in [3.63, 3.8) is 0 Å². The van der Waals surface area contributed by atoms with E-state index in [4.69, 9.17) is 11.6 Å². The van der Waals surface area contributed by atoms with Gasteiger partial charge in [-0.2, -0.15) is 0 Å². The van der Waals surface area contributed by atoms with Gasteiger partial charge in [0.25, 0.3) is 5.91 Å². The van der Waals surface area contributed by atoms with Crippen molar-refractivity contribution >= 4 is 50.7 Å². The van der Waals surface area contributed by atoms with E-state index < -0.39 is 11.3 Å². The van der Waals surface area contributed by atoms with Crippen LogP contribution in [0, 0.1) is 6.92 Å². The molecule has 0 radical (unpaired) electrons. The Morgan fingerprint density at radius 2 is 2.00 bits per heavy atom. The van der Waals surface area contributed by atoms with Gasteiger partial charge in [-0.05, 0) is 39.0 Å². The number of hydrogen-bond donors (Lipinski definition) is 1. The number of Topliss-reactive ketones (excluding diaryl/α,β-unsaturated/α-hetero) is 1. The van der Waals surface area contributed by atoms with Crippen LogP contribution in [0.1, 0.15) is 52.5 Å². The molecule has 0 aliphatic rings. The van der Waals surface area contributed by atoms with Crippen molar-refractivity contribution in [3.8, 4) is 0 Å². The molecule has 1 N–H and O–H groups in total. The number of carbonyl (C=O) groups excluding carboxylic acids is 2. The van der Waals surface area contributed by atoms with E-state index in [1.807, 2.05) is 18.4 Å². The van der Waals surface area contributed by atoms with Gasteiger partial charge < -0.3 is 4.57 Å². The Labute approximate surface area is 164 Å². The van der Waals surface area contributed by atoms with Crippen molar-refractivity contribution in [1.29, 1.82) is 0 Å². The fraction of sp³-hybridized carbons (Fsp3) is 0.263. The minimum atomic E-state index is -0.569. The number of carbonyl (C=O) groups is 2. The quantitative estimate of drug-likeness (QED) is 0.652. The number of rotatable bonds is 4. The third-order valence-corrected chi connectivity index (χ3v) is 5.54. The van der Waals surface area contributed by atoms with Crippen LogP contribution in [0.15, 0.2) is 29.2 Å². The molecule has 6 nitrogen and oxygen atoms in total. The fourth-order valence-electron chi connectivity index (χ4n) is 2.86. The maximum atomic E-state index is 12.9. The van der Waals surface area contributed by atoms with Crippen LogP contribution in [0.25, 0.3) is 10.9 Å². The Balaban J connectivity index is 2.09. The van der Waals surface area contributed by atoms with Crippen LogP contribution in [-0.4, -0.2) is 21.2 Å². The molecule has 3 aromatic rings. The number of ketones is 1. The molecular formula is C19H18ClN3O3S. The van der Waals surface area contributed by atoms with Crippen molar-refractivity contribution in [1.82, 2.24) is 9.55 Å². The average molecular weight is 404 g/mol. The number of aryl methyl sites for hydroxylation is 1. The maximum Gasteiger partial charge on any atom is 0.262 e. The predicted octanol–water partition coefficient (Wildman–Crippen LogP) is 4.46. The standard InChI is InChI=1S/C19H18ClN3O3S/c1-9(2)23-8-14(16(25)13-7-12(20)5-6-15(13)23)18(26)22-19-21-10(3)17(27-19)11(4)24/h5-9H,1-4H3,(H,21,22,26). The zero-order valence-corrected chi connectivity index (χ0v) is 16.9. The van der Waals surface area contributed by atoms with Gasteiger partial charge in [-0.25, -0.2) is 4.98 Å². The van der Waals surface area contributed by atoms with Crippen LogP contribution in [0.2, 0.25) is 5.02 Å². The number of anilines is 1. The summed E-state index contributed by atoms with van der Waals surface area (Å²) < 4.78 is 1.86. The first-order chi connectivity index (χ1) is 12.7. The number of pyridine rings is 1. The zero-order chi connectivity index (χ0) is 19.9. The number of fused-ring (bicyclic) bond motifs is 1. The average Bonchev–Trinajstić information content (AvgIpc) is 2.95. The maximum absolute atomic E-state index is 12.9. The highest BCUT2D eigenvalue weighted by Crippen LogP contribution is 2.24. The SMILES string of the molecule is CC(=O)c1sc(NC(=O)c2cn(C(C)C)c3ccc(Cl)cc3c2=O)nc1C. The van der Waals surface area contributed by atoms with Crippen LogP contribution in [0.5, 0.6) is 0 Å². The molecule has 0 bridgehead atoms. The Bertz CT molecular complexity index is 1130. The molecule has 8 heteroatoms. The van der Waals surface area contributed by atoms with Gasteiger partial charge in [0.15, 0.2) is 10.9 Å². The van der Waals surface area contributed by atoms with Gasteiger partial charge in [0.05, 0.1) is 16.1 Å². The zero-order valence-electron chi connectivity index (χ0n) is 15.3. The van der Waals surface area contributed by atoms with E-state index in [-0.39, 0.29) is 22.5 Å². The molecule has 0 fully saturated rings. The van der Waals surface area contributed by atoms with Gasteiger partial charge in [-0.1, -0.05) is 22.9 Å². The first-order valence-corrected chi connectivity index (χ1v) is 9.52. The molecule has 0 unspecified atom stereocenters. The summed E-state index contributed by atoms with van der Waals surface area (Å²) in [4.78, 5) is 41.9. The molecule has 3 rings (SSSR count). The van der Waals surface area contributed by atoms with E-state index >= 15 is 0 Å². The molecule has 140 valence electrons. The summed E-state index contributed by atoms with van der Waals surface area (Å²) in [5, 5.41) is 3.72. The normalized spacial score (nSPS) is 11.2. The number of thiazole rings is 1. The molecule has 0 aliphatic heterocycles. The van der Waals surface area contributed by atoms with Gasteiger partial charge in [-0.15, -0.1) is 0 Å². The highest BCUT2D eigenvalue weighted by Gasteiger charge is 2.19. The molecule has 0 atom stereocenters. The smallest absolute Gasteiger partial charge is 0.262 e. The highest BCUT2D eigenvalue weighted by molar-refractivity contribution is 7.17. The molecule has 1 aromatic carbocycles. The molecule has 0 spiro atoms. The Kier molecular flexibility index (Phi) is 5.17. The van der Waals surface area contributed by atoms with E-state index in [9.17, 15) is 14.4 Å². The number of halogens is 1. The van der Waals surface area contributed by atoms with E-state index in [1.54, 1.807) is 31.3 Å². The van der Waals surface area contributed by atoms with Crippen LogP contribution < -0.4 is 10.7 Å². The summed E-state index contributed by atoms with van der Waals surface area (Å²) in [5.74, 6) is -0.687. The molecule has 0 aliphatic carbocycles. The summed E-state index contributed by atoms with van der Waals surface area (Å²) in [7, 11) is 0. The number of benzene rings is 1. The van der Waals surface area contributed by atoms with Gasteiger partial charge in [-0.3, -0.25) is 19.7 Å². The lowest BCUT2D eigenvalue weighted by Gasteiger charge is -2.16. The second kappa shape index (κ2) is 7.25. The van der Waals surface area contributed by atoms with Crippen LogP contribution in [-0.2, 0) is 0 Å². The first kappa shape index (κ1) is 19.3. The van der Waals surface area contributed by atoms with Crippen molar-refractivity contribution in [2.45, 2.75) is 33.7 Å². The van der Waals surface area contributed by atoms with Crippen molar-refractivity contribution in [2.24, 2.45) is 0 Å². The van der Waals surface area contributed by atoms with Crippen molar-refractivity contribution in [3.05, 3.63) is 55.8 Å². The molecule has 1 amide bonds. The number of nitrogens with one attached hydrogen (secondary N) is 1. The topological polar surface area (TPSA) is 81.1 Å². The lowest BCUT2D eigenvalue weighted by molar-refractivity contribution is 0.101. The Morgan fingerprint density at radius 1 is 1.30 bits per heavy atom. The molecule has 0 saturated heterocycles. The highest BCUT2D eigenvalue weighted by atomic mass is 35.5. The Morgan fingerprint density at radius 3 is 2.59 bits per heavy atom. The van der Waals surface area contributed by atoms with Gasteiger partial charge in [0.1, 0.15) is 5.56 Å². The summed E-state index contributed by atoms with van der Waals surface area (Å²) >= 11 is 7.14. The van der Waals surface area contributed by atoms with E-state index in [0.717, 1.165) is 11.3 Å². The second-order valence-corrected chi connectivity index (χ2v) is 7.91. The third kappa shape index (κ3) is 3.65. The molecule has 2 heterocycles. The summed E-state index contributed by atoms with van der Waals surface area (Å²) in [6.07, 6.45) is 1.55. The monoisotopic (exact) mass is 403 g/mol.